The first-order valence-electron chi connectivity index (χ1n) is 6.25. The summed E-state index contributed by atoms with van der Waals surface area (Å²) in [6.07, 6.45) is 0.109. The lowest BCUT2D eigenvalue weighted by atomic mass is 10.2. The zero-order chi connectivity index (χ0) is 14.3. The maximum atomic E-state index is 11.5. The van der Waals surface area contributed by atoms with Crippen LogP contribution in [0.2, 0.25) is 0 Å². The Hall–Kier alpha value is -1.75. The number of ether oxygens (including phenoxy) is 2. The number of benzene rings is 1. The molecule has 0 aromatic heterocycles. The van der Waals surface area contributed by atoms with Gasteiger partial charge in [0, 0.05) is 6.54 Å². The van der Waals surface area contributed by atoms with E-state index in [4.69, 9.17) is 14.6 Å². The molecule has 1 aromatic rings. The molecule has 19 heavy (non-hydrogen) atoms. The predicted octanol–water partition coefficient (Wildman–Crippen LogP) is 1.27. The molecule has 0 aliphatic rings. The molecule has 0 saturated carbocycles. The number of carbonyl (C=O) groups is 1. The Bertz CT molecular complexity index is 418. The lowest BCUT2D eigenvalue weighted by molar-refractivity contribution is -0.123. The average molecular weight is 267 g/mol. The Balaban J connectivity index is 2.41. The first-order valence-corrected chi connectivity index (χ1v) is 6.25. The van der Waals surface area contributed by atoms with Crippen LogP contribution in [0, 0.1) is 6.92 Å². The van der Waals surface area contributed by atoms with E-state index in [0.717, 1.165) is 5.56 Å². The standard InChI is InChI=1S/C14H21NO4/c1-10-4-5-12(13(8-10)18-3)19-9-14(17)15-7-6-11(2)16/h4-5,8,11,16H,6-7,9H2,1-3H3,(H,15,17). The molecule has 0 aliphatic carbocycles. The maximum absolute atomic E-state index is 11.5. The number of rotatable bonds is 7. The van der Waals surface area contributed by atoms with Crippen LogP contribution in [0.1, 0.15) is 18.9 Å². The largest absolute Gasteiger partial charge is 0.493 e. The Morgan fingerprint density at radius 3 is 2.79 bits per heavy atom. The van der Waals surface area contributed by atoms with E-state index in [2.05, 4.69) is 5.32 Å². The Morgan fingerprint density at radius 1 is 1.42 bits per heavy atom. The molecular weight excluding hydrogens is 246 g/mol. The van der Waals surface area contributed by atoms with E-state index in [1.54, 1.807) is 20.1 Å². The van der Waals surface area contributed by atoms with Gasteiger partial charge in [0.15, 0.2) is 18.1 Å². The van der Waals surface area contributed by atoms with Gasteiger partial charge in [0.05, 0.1) is 13.2 Å². The summed E-state index contributed by atoms with van der Waals surface area (Å²) >= 11 is 0. The Labute approximate surface area is 113 Å². The molecule has 1 unspecified atom stereocenters. The van der Waals surface area contributed by atoms with Gasteiger partial charge in [0.2, 0.25) is 0 Å². The van der Waals surface area contributed by atoms with Crippen LogP contribution in [0.4, 0.5) is 0 Å². The number of nitrogens with one attached hydrogen (secondary N) is 1. The van der Waals surface area contributed by atoms with E-state index in [1.807, 2.05) is 19.1 Å². The lowest BCUT2D eigenvalue weighted by Gasteiger charge is -2.11. The lowest BCUT2D eigenvalue weighted by Crippen LogP contribution is -2.31. The van der Waals surface area contributed by atoms with Crippen molar-refractivity contribution in [3.8, 4) is 11.5 Å². The molecule has 0 spiro atoms. The fourth-order valence-electron chi connectivity index (χ4n) is 1.51. The molecule has 0 radical (unpaired) electrons. The minimum Gasteiger partial charge on any atom is -0.493 e. The molecule has 1 aromatic carbocycles. The first-order chi connectivity index (χ1) is 9.02. The van der Waals surface area contributed by atoms with Crippen molar-refractivity contribution in [1.82, 2.24) is 5.32 Å². The summed E-state index contributed by atoms with van der Waals surface area (Å²) in [5, 5.41) is 11.7. The van der Waals surface area contributed by atoms with E-state index in [9.17, 15) is 4.79 Å². The van der Waals surface area contributed by atoms with Gasteiger partial charge in [-0.1, -0.05) is 6.07 Å². The molecule has 0 fully saturated rings. The number of carbonyl (C=O) groups excluding carboxylic acids is 1. The SMILES string of the molecule is COc1cc(C)ccc1OCC(=O)NCCC(C)O. The van der Waals surface area contributed by atoms with Gasteiger partial charge in [0.1, 0.15) is 0 Å². The molecule has 1 rings (SSSR count). The van der Waals surface area contributed by atoms with Crippen LogP contribution < -0.4 is 14.8 Å². The molecule has 1 atom stereocenters. The van der Waals surface area contributed by atoms with Crippen molar-refractivity contribution >= 4 is 5.91 Å². The molecule has 2 N–H and O–H groups in total. The number of aliphatic hydroxyl groups excluding tert-OH is 1. The van der Waals surface area contributed by atoms with Gasteiger partial charge in [-0.15, -0.1) is 0 Å². The van der Waals surface area contributed by atoms with Crippen molar-refractivity contribution in [2.24, 2.45) is 0 Å². The average Bonchev–Trinajstić information content (AvgIpc) is 2.36. The summed E-state index contributed by atoms with van der Waals surface area (Å²) in [4.78, 5) is 11.5. The number of hydrogen-bond acceptors (Lipinski definition) is 4. The number of amides is 1. The highest BCUT2D eigenvalue weighted by Crippen LogP contribution is 2.27. The molecule has 1 amide bonds. The number of hydrogen-bond donors (Lipinski definition) is 2. The highest BCUT2D eigenvalue weighted by atomic mass is 16.5. The molecule has 5 heteroatoms. The Kier molecular flexibility index (Phi) is 6.15. The third kappa shape index (κ3) is 5.61. The fourth-order valence-corrected chi connectivity index (χ4v) is 1.51. The van der Waals surface area contributed by atoms with Gasteiger partial charge in [-0.3, -0.25) is 4.79 Å². The summed E-state index contributed by atoms with van der Waals surface area (Å²) in [5.41, 5.74) is 1.06. The Morgan fingerprint density at radius 2 is 2.16 bits per heavy atom. The number of aryl methyl sites for hydroxylation is 1. The van der Waals surface area contributed by atoms with Crippen molar-refractivity contribution in [3.63, 3.8) is 0 Å². The molecule has 0 saturated heterocycles. The van der Waals surface area contributed by atoms with Gasteiger partial charge < -0.3 is 19.9 Å². The van der Waals surface area contributed by atoms with Crippen LogP contribution in [-0.2, 0) is 4.79 Å². The summed E-state index contributed by atoms with van der Waals surface area (Å²) < 4.78 is 10.6. The van der Waals surface area contributed by atoms with Crippen molar-refractivity contribution < 1.29 is 19.4 Å². The van der Waals surface area contributed by atoms with Crippen LogP contribution in [0.5, 0.6) is 11.5 Å². The van der Waals surface area contributed by atoms with Gasteiger partial charge in [-0.2, -0.15) is 0 Å². The number of methoxy groups -OCH3 is 1. The minimum atomic E-state index is -0.418. The van der Waals surface area contributed by atoms with Crippen molar-refractivity contribution in [3.05, 3.63) is 23.8 Å². The van der Waals surface area contributed by atoms with E-state index in [-0.39, 0.29) is 12.5 Å². The molecule has 0 aliphatic heterocycles. The third-order valence-electron chi connectivity index (χ3n) is 2.56. The second-order valence-electron chi connectivity index (χ2n) is 4.43. The zero-order valence-corrected chi connectivity index (χ0v) is 11.6. The van der Waals surface area contributed by atoms with Gasteiger partial charge in [-0.05, 0) is 38.0 Å². The van der Waals surface area contributed by atoms with E-state index in [1.165, 1.54) is 0 Å². The molecule has 5 nitrogen and oxygen atoms in total. The summed E-state index contributed by atoms with van der Waals surface area (Å²) in [6, 6.07) is 5.52. The minimum absolute atomic E-state index is 0.0702. The van der Waals surface area contributed by atoms with E-state index in [0.29, 0.717) is 24.5 Å². The van der Waals surface area contributed by atoms with Crippen LogP contribution >= 0.6 is 0 Å². The highest BCUT2D eigenvalue weighted by Gasteiger charge is 2.07. The second-order valence-corrected chi connectivity index (χ2v) is 4.43. The monoisotopic (exact) mass is 267 g/mol. The van der Waals surface area contributed by atoms with E-state index >= 15 is 0 Å². The predicted molar refractivity (Wildman–Crippen MR) is 72.5 cm³/mol. The molecular formula is C14H21NO4. The van der Waals surface area contributed by atoms with Crippen LogP contribution in [0.15, 0.2) is 18.2 Å². The van der Waals surface area contributed by atoms with Crippen LogP contribution in [-0.4, -0.2) is 37.4 Å². The zero-order valence-electron chi connectivity index (χ0n) is 11.6. The van der Waals surface area contributed by atoms with Crippen molar-refractivity contribution in [2.75, 3.05) is 20.3 Å². The summed E-state index contributed by atoms with van der Waals surface area (Å²) in [5.74, 6) is 0.929. The molecule has 106 valence electrons. The van der Waals surface area contributed by atoms with Crippen LogP contribution in [0.25, 0.3) is 0 Å². The summed E-state index contributed by atoms with van der Waals surface area (Å²) in [6.45, 7) is 4.00. The topological polar surface area (TPSA) is 67.8 Å². The van der Waals surface area contributed by atoms with Gasteiger partial charge in [-0.25, -0.2) is 0 Å². The normalized spacial score (nSPS) is 11.8. The van der Waals surface area contributed by atoms with Crippen LogP contribution in [0.3, 0.4) is 0 Å². The quantitative estimate of drug-likeness (QED) is 0.780. The van der Waals surface area contributed by atoms with E-state index < -0.39 is 6.10 Å². The molecule has 0 bridgehead atoms. The molecule has 0 heterocycles. The highest BCUT2D eigenvalue weighted by molar-refractivity contribution is 5.77. The van der Waals surface area contributed by atoms with Gasteiger partial charge >= 0.3 is 0 Å². The smallest absolute Gasteiger partial charge is 0.257 e. The maximum Gasteiger partial charge on any atom is 0.257 e. The third-order valence-corrected chi connectivity index (χ3v) is 2.56. The summed E-state index contributed by atoms with van der Waals surface area (Å²) in [7, 11) is 1.56. The van der Waals surface area contributed by atoms with Crippen molar-refractivity contribution in [1.29, 1.82) is 0 Å². The van der Waals surface area contributed by atoms with Gasteiger partial charge in [0.25, 0.3) is 5.91 Å². The number of aliphatic hydroxyl groups is 1. The van der Waals surface area contributed by atoms with Crippen molar-refractivity contribution in [2.45, 2.75) is 26.4 Å². The first kappa shape index (κ1) is 15.3. The fraction of sp³-hybridized carbons (Fsp3) is 0.500. The second kappa shape index (κ2) is 7.63.